The summed E-state index contributed by atoms with van der Waals surface area (Å²) >= 11 is 0. The Hall–Kier alpha value is -2.95. The number of aromatic amines is 1. The third-order valence-corrected chi connectivity index (χ3v) is 3.43. The number of anilines is 1. The predicted octanol–water partition coefficient (Wildman–Crippen LogP) is 3.23. The molecule has 3 rings (SSSR count). The van der Waals surface area contributed by atoms with Crippen LogP contribution in [-0.2, 0) is 0 Å². The molecule has 0 radical (unpaired) electrons. The van der Waals surface area contributed by atoms with Crippen LogP contribution in [0.4, 0.5) is 10.1 Å². The molecule has 0 bridgehead atoms. The SMILES string of the molecule is Cc1ccc(NC(=O)c2cc3ccccc3c(=O)[nH]2)cc1F. The maximum atomic E-state index is 13.5. The molecule has 3 aromatic rings. The number of pyridine rings is 1. The topological polar surface area (TPSA) is 62.0 Å². The van der Waals surface area contributed by atoms with Crippen molar-refractivity contribution in [3.63, 3.8) is 0 Å². The van der Waals surface area contributed by atoms with Crippen molar-refractivity contribution in [3.05, 3.63) is 76.0 Å². The first-order chi connectivity index (χ1) is 10.5. The van der Waals surface area contributed by atoms with Crippen molar-refractivity contribution in [2.75, 3.05) is 5.32 Å². The standard InChI is InChI=1S/C17H13FN2O2/c1-10-6-7-12(9-14(10)18)19-17(22)15-8-11-4-2-3-5-13(11)16(21)20-15/h2-9H,1H3,(H,19,22)(H,20,21). The average Bonchev–Trinajstić information content (AvgIpc) is 2.51. The van der Waals surface area contributed by atoms with Crippen molar-refractivity contribution in [2.24, 2.45) is 0 Å². The fraction of sp³-hybridized carbons (Fsp3) is 0.0588. The summed E-state index contributed by atoms with van der Waals surface area (Å²) in [7, 11) is 0. The number of carbonyl (C=O) groups is 1. The summed E-state index contributed by atoms with van der Waals surface area (Å²) in [6, 6.07) is 13.0. The molecule has 22 heavy (non-hydrogen) atoms. The van der Waals surface area contributed by atoms with Crippen molar-refractivity contribution in [1.82, 2.24) is 4.98 Å². The van der Waals surface area contributed by atoms with Crippen LogP contribution in [0.25, 0.3) is 10.8 Å². The van der Waals surface area contributed by atoms with Gasteiger partial charge in [-0.15, -0.1) is 0 Å². The van der Waals surface area contributed by atoms with Crippen LogP contribution in [0.2, 0.25) is 0 Å². The maximum Gasteiger partial charge on any atom is 0.272 e. The Morgan fingerprint density at radius 1 is 1.14 bits per heavy atom. The molecular weight excluding hydrogens is 283 g/mol. The second-order valence-electron chi connectivity index (χ2n) is 5.02. The number of carbonyl (C=O) groups excluding carboxylic acids is 1. The zero-order chi connectivity index (χ0) is 15.7. The first-order valence-electron chi connectivity index (χ1n) is 6.74. The minimum absolute atomic E-state index is 0.129. The summed E-state index contributed by atoms with van der Waals surface area (Å²) in [6.45, 7) is 1.64. The highest BCUT2D eigenvalue weighted by atomic mass is 19.1. The molecule has 2 aromatic carbocycles. The normalized spacial score (nSPS) is 10.6. The van der Waals surface area contributed by atoms with Crippen molar-refractivity contribution in [2.45, 2.75) is 6.92 Å². The summed E-state index contributed by atoms with van der Waals surface area (Å²) in [5.41, 5.74) is 0.627. The van der Waals surface area contributed by atoms with Gasteiger partial charge in [-0.25, -0.2) is 4.39 Å². The largest absolute Gasteiger partial charge is 0.321 e. The summed E-state index contributed by atoms with van der Waals surface area (Å²) in [4.78, 5) is 26.7. The molecule has 5 heteroatoms. The third-order valence-electron chi connectivity index (χ3n) is 3.43. The van der Waals surface area contributed by atoms with Gasteiger partial charge in [-0.1, -0.05) is 24.3 Å². The van der Waals surface area contributed by atoms with Gasteiger partial charge in [-0.05, 0) is 42.1 Å². The molecule has 0 saturated heterocycles. The van der Waals surface area contributed by atoms with Crippen LogP contribution in [0.5, 0.6) is 0 Å². The van der Waals surface area contributed by atoms with Crippen molar-refractivity contribution < 1.29 is 9.18 Å². The lowest BCUT2D eigenvalue weighted by atomic mass is 10.1. The maximum absolute atomic E-state index is 13.5. The molecule has 0 aliphatic heterocycles. The van der Waals surface area contributed by atoms with Gasteiger partial charge in [0.2, 0.25) is 0 Å². The van der Waals surface area contributed by atoms with Crippen molar-refractivity contribution in [1.29, 1.82) is 0 Å². The first-order valence-corrected chi connectivity index (χ1v) is 6.74. The molecular formula is C17H13FN2O2. The van der Waals surface area contributed by atoms with E-state index in [-0.39, 0.29) is 11.3 Å². The fourth-order valence-corrected chi connectivity index (χ4v) is 2.20. The summed E-state index contributed by atoms with van der Waals surface area (Å²) in [5, 5.41) is 3.76. The molecule has 2 N–H and O–H groups in total. The molecule has 0 unspecified atom stereocenters. The minimum atomic E-state index is -0.494. The van der Waals surface area contributed by atoms with Crippen LogP contribution in [0.15, 0.2) is 53.3 Å². The van der Waals surface area contributed by atoms with E-state index in [1.54, 1.807) is 49.4 Å². The quantitative estimate of drug-likeness (QED) is 0.762. The monoisotopic (exact) mass is 296 g/mol. The highest BCUT2D eigenvalue weighted by Crippen LogP contribution is 2.15. The Kier molecular flexibility index (Phi) is 3.47. The van der Waals surface area contributed by atoms with Gasteiger partial charge >= 0.3 is 0 Å². The van der Waals surface area contributed by atoms with E-state index in [0.29, 0.717) is 22.0 Å². The number of aryl methyl sites for hydroxylation is 1. The van der Waals surface area contributed by atoms with Gasteiger partial charge in [0.15, 0.2) is 0 Å². The van der Waals surface area contributed by atoms with Crippen LogP contribution in [0.3, 0.4) is 0 Å². The van der Waals surface area contributed by atoms with Gasteiger partial charge in [0.25, 0.3) is 11.5 Å². The fourth-order valence-electron chi connectivity index (χ4n) is 2.20. The number of nitrogens with one attached hydrogen (secondary N) is 2. The highest BCUT2D eigenvalue weighted by Gasteiger charge is 2.10. The molecule has 1 amide bonds. The third kappa shape index (κ3) is 2.61. The van der Waals surface area contributed by atoms with Crippen LogP contribution in [-0.4, -0.2) is 10.9 Å². The van der Waals surface area contributed by atoms with E-state index in [9.17, 15) is 14.0 Å². The number of halogens is 1. The second kappa shape index (κ2) is 5.44. The summed E-state index contributed by atoms with van der Waals surface area (Å²) in [6.07, 6.45) is 0. The van der Waals surface area contributed by atoms with Crippen LogP contribution < -0.4 is 10.9 Å². The van der Waals surface area contributed by atoms with Crippen LogP contribution >= 0.6 is 0 Å². The van der Waals surface area contributed by atoms with E-state index in [4.69, 9.17) is 0 Å². The molecule has 0 atom stereocenters. The highest BCUT2D eigenvalue weighted by molar-refractivity contribution is 6.04. The molecule has 1 aromatic heterocycles. The molecule has 0 spiro atoms. The number of fused-ring (bicyclic) bond motifs is 1. The van der Waals surface area contributed by atoms with E-state index in [1.807, 2.05) is 0 Å². The van der Waals surface area contributed by atoms with E-state index < -0.39 is 11.7 Å². The van der Waals surface area contributed by atoms with Crippen LogP contribution in [0, 0.1) is 12.7 Å². The Morgan fingerprint density at radius 3 is 2.68 bits per heavy atom. The number of hydrogen-bond acceptors (Lipinski definition) is 2. The summed E-state index contributed by atoms with van der Waals surface area (Å²) < 4.78 is 13.5. The Bertz CT molecular complexity index is 931. The molecule has 0 saturated carbocycles. The minimum Gasteiger partial charge on any atom is -0.321 e. The van der Waals surface area contributed by atoms with Crippen molar-refractivity contribution in [3.8, 4) is 0 Å². The molecule has 0 fully saturated rings. The zero-order valence-corrected chi connectivity index (χ0v) is 11.8. The Balaban J connectivity index is 1.95. The van der Waals surface area contributed by atoms with E-state index >= 15 is 0 Å². The van der Waals surface area contributed by atoms with Gasteiger partial charge in [0, 0.05) is 11.1 Å². The van der Waals surface area contributed by atoms with E-state index in [0.717, 1.165) is 0 Å². The predicted molar refractivity (Wildman–Crippen MR) is 83.7 cm³/mol. The number of amides is 1. The lowest BCUT2D eigenvalue weighted by Gasteiger charge is -2.07. The zero-order valence-electron chi connectivity index (χ0n) is 11.8. The average molecular weight is 296 g/mol. The first kappa shape index (κ1) is 14.0. The van der Waals surface area contributed by atoms with Crippen molar-refractivity contribution >= 4 is 22.4 Å². The van der Waals surface area contributed by atoms with Gasteiger partial charge in [0.05, 0.1) is 0 Å². The van der Waals surface area contributed by atoms with E-state index in [2.05, 4.69) is 10.3 Å². The number of rotatable bonds is 2. The van der Waals surface area contributed by atoms with Gasteiger partial charge in [-0.3, -0.25) is 9.59 Å². The molecule has 110 valence electrons. The molecule has 4 nitrogen and oxygen atoms in total. The lowest BCUT2D eigenvalue weighted by Crippen LogP contribution is -2.19. The number of H-pyrrole nitrogens is 1. The van der Waals surface area contributed by atoms with Gasteiger partial charge < -0.3 is 10.3 Å². The van der Waals surface area contributed by atoms with Crippen LogP contribution in [0.1, 0.15) is 16.1 Å². The molecule has 0 aliphatic rings. The Labute approximate surface area is 125 Å². The Morgan fingerprint density at radius 2 is 1.91 bits per heavy atom. The summed E-state index contributed by atoms with van der Waals surface area (Å²) in [5.74, 6) is -0.893. The van der Waals surface area contributed by atoms with Gasteiger partial charge in [0.1, 0.15) is 11.5 Å². The number of benzene rings is 2. The smallest absolute Gasteiger partial charge is 0.272 e. The van der Waals surface area contributed by atoms with E-state index in [1.165, 1.54) is 6.07 Å². The number of aromatic nitrogens is 1. The molecule has 0 aliphatic carbocycles. The number of hydrogen-bond donors (Lipinski definition) is 2. The lowest BCUT2D eigenvalue weighted by molar-refractivity contribution is 0.102. The molecule has 1 heterocycles. The second-order valence-corrected chi connectivity index (χ2v) is 5.02. The van der Waals surface area contributed by atoms with Gasteiger partial charge in [-0.2, -0.15) is 0 Å².